The number of benzene rings is 2. The van der Waals surface area contributed by atoms with Crippen LogP contribution in [0.25, 0.3) is 0 Å². The predicted molar refractivity (Wildman–Crippen MR) is 77.8 cm³/mol. The van der Waals surface area contributed by atoms with E-state index in [0.29, 0.717) is 17.7 Å². The summed E-state index contributed by atoms with van der Waals surface area (Å²) in [5.41, 5.74) is 2.44. The number of hydrogen-bond acceptors (Lipinski definition) is 4. The summed E-state index contributed by atoms with van der Waals surface area (Å²) in [6.07, 6.45) is 0.368. The molecule has 2 aromatic rings. The largest absolute Gasteiger partial charge is 0.497 e. The molecule has 0 fully saturated rings. The molecule has 4 heteroatoms. The maximum Gasteiger partial charge on any atom is 0.342 e. The summed E-state index contributed by atoms with van der Waals surface area (Å²) >= 11 is 0. The first-order valence-corrected chi connectivity index (χ1v) is 6.73. The maximum atomic E-state index is 12.2. The highest BCUT2D eigenvalue weighted by Gasteiger charge is 2.30. The van der Waals surface area contributed by atoms with Crippen LogP contribution in [0.2, 0.25) is 0 Å². The number of carbonyl (C=O) groups is 1. The third-order valence-corrected chi connectivity index (χ3v) is 3.68. The minimum atomic E-state index is -0.338. The van der Waals surface area contributed by atoms with Crippen molar-refractivity contribution in [3.63, 3.8) is 0 Å². The average Bonchev–Trinajstić information content (AvgIpc) is 2.54. The van der Waals surface area contributed by atoms with Gasteiger partial charge in [-0.15, -0.1) is 0 Å². The van der Waals surface area contributed by atoms with E-state index in [2.05, 4.69) is 0 Å². The van der Waals surface area contributed by atoms with Crippen molar-refractivity contribution in [2.24, 2.45) is 0 Å². The second-order valence-electron chi connectivity index (χ2n) is 4.87. The zero-order valence-electron chi connectivity index (χ0n) is 12.0. The topological polar surface area (TPSA) is 44.8 Å². The monoisotopic (exact) mass is 284 g/mol. The van der Waals surface area contributed by atoms with Crippen molar-refractivity contribution >= 4 is 5.97 Å². The van der Waals surface area contributed by atoms with Crippen molar-refractivity contribution in [3.05, 3.63) is 59.2 Å². The molecule has 0 aliphatic carbocycles. The summed E-state index contributed by atoms with van der Waals surface area (Å²) in [7, 11) is 3.18. The smallest absolute Gasteiger partial charge is 0.342 e. The van der Waals surface area contributed by atoms with Gasteiger partial charge in [0, 0.05) is 6.42 Å². The van der Waals surface area contributed by atoms with Crippen molar-refractivity contribution in [1.82, 2.24) is 0 Å². The van der Waals surface area contributed by atoms with E-state index < -0.39 is 0 Å². The first-order chi connectivity index (χ1) is 10.2. The molecule has 2 aromatic carbocycles. The molecule has 4 nitrogen and oxygen atoms in total. The Hall–Kier alpha value is -2.49. The summed E-state index contributed by atoms with van der Waals surface area (Å²) in [6.45, 7) is 0. The third kappa shape index (κ3) is 2.44. The van der Waals surface area contributed by atoms with Gasteiger partial charge >= 0.3 is 5.97 Å². The van der Waals surface area contributed by atoms with Crippen LogP contribution in [-0.2, 0) is 11.2 Å². The Morgan fingerprint density at radius 2 is 1.81 bits per heavy atom. The van der Waals surface area contributed by atoms with Crippen LogP contribution in [0.3, 0.4) is 0 Å². The van der Waals surface area contributed by atoms with Crippen molar-refractivity contribution in [2.75, 3.05) is 14.2 Å². The highest BCUT2D eigenvalue weighted by Crippen LogP contribution is 2.35. The van der Waals surface area contributed by atoms with E-state index in [-0.39, 0.29) is 12.1 Å². The Balaban J connectivity index is 1.92. The Labute approximate surface area is 123 Å². The number of methoxy groups -OCH3 is 2. The van der Waals surface area contributed by atoms with Gasteiger partial charge in [-0.05, 0) is 29.3 Å². The molecule has 0 spiro atoms. The van der Waals surface area contributed by atoms with E-state index in [1.165, 1.54) is 0 Å². The van der Waals surface area contributed by atoms with Crippen LogP contribution in [0.15, 0.2) is 42.5 Å². The second kappa shape index (κ2) is 5.48. The van der Waals surface area contributed by atoms with E-state index in [9.17, 15) is 4.79 Å². The molecule has 0 N–H and O–H groups in total. The Kier molecular flexibility index (Phi) is 3.52. The van der Waals surface area contributed by atoms with Gasteiger partial charge in [-0.25, -0.2) is 4.79 Å². The highest BCUT2D eigenvalue weighted by molar-refractivity contribution is 5.95. The van der Waals surface area contributed by atoms with Crippen molar-refractivity contribution in [3.8, 4) is 11.5 Å². The SMILES string of the molecule is COc1ccc(C2Cc3cccc(OC)c3C(=O)O2)cc1. The normalized spacial score (nSPS) is 16.9. The molecule has 0 radical (unpaired) electrons. The minimum absolute atomic E-state index is 0.275. The molecule has 3 rings (SSSR count). The van der Waals surface area contributed by atoms with Gasteiger partial charge in [-0.1, -0.05) is 24.3 Å². The van der Waals surface area contributed by atoms with Crippen LogP contribution in [-0.4, -0.2) is 20.2 Å². The molecule has 0 saturated carbocycles. The van der Waals surface area contributed by atoms with E-state index >= 15 is 0 Å². The zero-order valence-corrected chi connectivity index (χ0v) is 12.0. The van der Waals surface area contributed by atoms with Crippen molar-refractivity contribution in [1.29, 1.82) is 0 Å². The quantitative estimate of drug-likeness (QED) is 0.812. The lowest BCUT2D eigenvalue weighted by Gasteiger charge is -2.26. The molecule has 0 aromatic heterocycles. The number of ether oxygens (including phenoxy) is 3. The van der Waals surface area contributed by atoms with Crippen LogP contribution >= 0.6 is 0 Å². The summed E-state index contributed by atoms with van der Waals surface area (Å²) in [6, 6.07) is 13.2. The third-order valence-electron chi connectivity index (χ3n) is 3.68. The number of fused-ring (bicyclic) bond motifs is 1. The van der Waals surface area contributed by atoms with Crippen LogP contribution < -0.4 is 9.47 Å². The highest BCUT2D eigenvalue weighted by atomic mass is 16.5. The Bertz CT molecular complexity index is 661. The molecule has 108 valence electrons. The summed E-state index contributed by atoms with van der Waals surface area (Å²) < 4.78 is 15.9. The molecule has 21 heavy (non-hydrogen) atoms. The maximum absolute atomic E-state index is 12.2. The van der Waals surface area contributed by atoms with Gasteiger partial charge in [0.1, 0.15) is 23.2 Å². The summed E-state index contributed by atoms with van der Waals surface area (Å²) in [4.78, 5) is 12.2. The van der Waals surface area contributed by atoms with Gasteiger partial charge < -0.3 is 14.2 Å². The molecule has 0 saturated heterocycles. The lowest BCUT2D eigenvalue weighted by Crippen LogP contribution is -2.22. The first-order valence-electron chi connectivity index (χ1n) is 6.73. The molecular weight excluding hydrogens is 268 g/mol. The fraction of sp³-hybridized carbons (Fsp3) is 0.235. The van der Waals surface area contributed by atoms with Crippen LogP contribution in [0, 0.1) is 0 Å². The summed E-state index contributed by atoms with van der Waals surface area (Å²) in [5.74, 6) is 1.00. The molecule has 1 aliphatic rings. The number of esters is 1. The number of carbonyl (C=O) groups excluding carboxylic acids is 1. The Morgan fingerprint density at radius 1 is 1.05 bits per heavy atom. The van der Waals surface area contributed by atoms with Gasteiger partial charge in [-0.3, -0.25) is 0 Å². The molecule has 0 bridgehead atoms. The number of rotatable bonds is 3. The molecule has 1 atom stereocenters. The van der Waals surface area contributed by atoms with E-state index in [1.807, 2.05) is 36.4 Å². The number of hydrogen-bond donors (Lipinski definition) is 0. The lowest BCUT2D eigenvalue weighted by molar-refractivity contribution is 0.0248. The fourth-order valence-corrected chi connectivity index (χ4v) is 2.58. The molecular formula is C17H16O4. The fourth-order valence-electron chi connectivity index (χ4n) is 2.58. The summed E-state index contributed by atoms with van der Waals surface area (Å²) in [5, 5.41) is 0. The molecule has 1 heterocycles. The average molecular weight is 284 g/mol. The number of cyclic esters (lactones) is 1. The van der Waals surface area contributed by atoms with Gasteiger partial charge in [-0.2, -0.15) is 0 Å². The lowest BCUT2D eigenvalue weighted by atomic mass is 9.94. The van der Waals surface area contributed by atoms with E-state index in [4.69, 9.17) is 14.2 Å². The second-order valence-corrected chi connectivity index (χ2v) is 4.87. The minimum Gasteiger partial charge on any atom is -0.497 e. The van der Waals surface area contributed by atoms with Gasteiger partial charge in [0.05, 0.1) is 14.2 Å². The first kappa shape index (κ1) is 13.5. The van der Waals surface area contributed by atoms with Crippen LogP contribution in [0.4, 0.5) is 0 Å². The van der Waals surface area contributed by atoms with Crippen LogP contribution in [0.1, 0.15) is 27.6 Å². The van der Waals surface area contributed by atoms with E-state index in [0.717, 1.165) is 16.9 Å². The molecule has 1 unspecified atom stereocenters. The molecule has 1 aliphatic heterocycles. The van der Waals surface area contributed by atoms with Gasteiger partial charge in [0.25, 0.3) is 0 Å². The zero-order chi connectivity index (χ0) is 14.8. The van der Waals surface area contributed by atoms with Gasteiger partial charge in [0.2, 0.25) is 0 Å². The van der Waals surface area contributed by atoms with Crippen molar-refractivity contribution in [2.45, 2.75) is 12.5 Å². The van der Waals surface area contributed by atoms with Crippen molar-refractivity contribution < 1.29 is 19.0 Å². The van der Waals surface area contributed by atoms with Gasteiger partial charge in [0.15, 0.2) is 0 Å². The molecule has 0 amide bonds. The Morgan fingerprint density at radius 3 is 2.48 bits per heavy atom. The van der Waals surface area contributed by atoms with Crippen LogP contribution in [0.5, 0.6) is 11.5 Å². The predicted octanol–water partition coefficient (Wildman–Crippen LogP) is 3.16. The van der Waals surface area contributed by atoms with E-state index in [1.54, 1.807) is 20.3 Å². The standard InChI is InChI=1S/C17H16O4/c1-19-13-8-6-11(7-9-13)15-10-12-4-3-5-14(20-2)16(12)17(18)21-15/h3-9,15H,10H2,1-2H3.